The summed E-state index contributed by atoms with van der Waals surface area (Å²) in [6.07, 6.45) is 1.63. The zero-order chi connectivity index (χ0) is 18.2. The van der Waals surface area contributed by atoms with Gasteiger partial charge in [-0.25, -0.2) is 4.99 Å². The number of rotatable bonds is 7. The number of aromatic nitrogens is 3. The fourth-order valence-corrected chi connectivity index (χ4v) is 2.19. The van der Waals surface area contributed by atoms with E-state index in [4.69, 9.17) is 0 Å². The minimum absolute atomic E-state index is 0. The summed E-state index contributed by atoms with van der Waals surface area (Å²) < 4.78 is 30.5. The molecular formula is C16H23F2IN6O. The molecule has 2 rings (SSSR count). The van der Waals surface area contributed by atoms with Gasteiger partial charge in [-0.2, -0.15) is 8.78 Å². The minimum atomic E-state index is -2.82. The number of aryl methyl sites for hydroxylation is 1. The van der Waals surface area contributed by atoms with E-state index in [9.17, 15) is 8.78 Å². The molecule has 0 spiro atoms. The fraction of sp³-hybridized carbons (Fsp3) is 0.438. The standard InChI is InChI=1S/C16H22F2N6O.HI/c1-4-19-16(20-9-14-22-21-11-24(14)3)23(2)10-12-5-7-13(8-6-12)25-15(17)18;/h5-8,11,15H,4,9-10H2,1-3H3,(H,19,20);1H. The molecule has 1 heterocycles. The summed E-state index contributed by atoms with van der Waals surface area (Å²) in [6, 6.07) is 6.55. The van der Waals surface area contributed by atoms with Crippen LogP contribution >= 0.6 is 24.0 Å². The first-order valence-corrected chi connectivity index (χ1v) is 7.85. The van der Waals surface area contributed by atoms with Crippen LogP contribution in [-0.4, -0.2) is 45.8 Å². The Balaban J connectivity index is 0.00000338. The average molecular weight is 480 g/mol. The second-order valence-electron chi connectivity index (χ2n) is 5.41. The molecule has 1 aromatic heterocycles. The first-order chi connectivity index (χ1) is 12.0. The van der Waals surface area contributed by atoms with E-state index in [1.54, 1.807) is 18.5 Å². The van der Waals surface area contributed by atoms with Crippen LogP contribution in [0.1, 0.15) is 18.3 Å². The topological polar surface area (TPSA) is 67.6 Å². The number of ether oxygens (including phenoxy) is 1. The first-order valence-electron chi connectivity index (χ1n) is 7.85. The monoisotopic (exact) mass is 480 g/mol. The van der Waals surface area contributed by atoms with Gasteiger partial charge in [-0.1, -0.05) is 12.1 Å². The predicted molar refractivity (Wildman–Crippen MR) is 106 cm³/mol. The molecule has 7 nitrogen and oxygen atoms in total. The number of benzene rings is 1. The number of nitrogens with one attached hydrogen (secondary N) is 1. The van der Waals surface area contributed by atoms with Crippen molar-refractivity contribution in [2.24, 2.45) is 12.0 Å². The minimum Gasteiger partial charge on any atom is -0.435 e. The van der Waals surface area contributed by atoms with Crippen LogP contribution in [0.3, 0.4) is 0 Å². The number of alkyl halides is 2. The molecule has 1 N–H and O–H groups in total. The van der Waals surface area contributed by atoms with E-state index < -0.39 is 6.61 Å². The molecule has 0 aliphatic carbocycles. The lowest BCUT2D eigenvalue weighted by atomic mass is 10.2. The van der Waals surface area contributed by atoms with Crippen molar-refractivity contribution in [2.45, 2.75) is 26.6 Å². The maximum absolute atomic E-state index is 12.2. The van der Waals surface area contributed by atoms with E-state index in [-0.39, 0.29) is 29.7 Å². The average Bonchev–Trinajstić information content (AvgIpc) is 2.98. The highest BCUT2D eigenvalue weighted by atomic mass is 127. The largest absolute Gasteiger partial charge is 0.435 e. The Hall–Kier alpha value is -1.98. The van der Waals surface area contributed by atoms with Gasteiger partial charge in [0.2, 0.25) is 0 Å². The number of nitrogens with zero attached hydrogens (tertiary/aromatic N) is 5. The summed E-state index contributed by atoms with van der Waals surface area (Å²) in [5.74, 6) is 1.62. The van der Waals surface area contributed by atoms with Crippen molar-refractivity contribution in [3.05, 3.63) is 42.0 Å². The summed E-state index contributed by atoms with van der Waals surface area (Å²) in [4.78, 5) is 6.50. The van der Waals surface area contributed by atoms with Gasteiger partial charge in [0, 0.05) is 27.2 Å². The Labute approximate surface area is 168 Å². The Bertz CT molecular complexity index is 692. The molecule has 144 valence electrons. The lowest BCUT2D eigenvalue weighted by molar-refractivity contribution is -0.0498. The normalized spacial score (nSPS) is 11.2. The van der Waals surface area contributed by atoms with Crippen LogP contribution < -0.4 is 10.1 Å². The van der Waals surface area contributed by atoms with Crippen LogP contribution in [0.2, 0.25) is 0 Å². The van der Waals surface area contributed by atoms with Gasteiger partial charge in [0.25, 0.3) is 0 Å². The van der Waals surface area contributed by atoms with E-state index in [1.165, 1.54) is 12.1 Å². The highest BCUT2D eigenvalue weighted by Crippen LogP contribution is 2.15. The van der Waals surface area contributed by atoms with Crippen LogP contribution in [0.5, 0.6) is 5.75 Å². The quantitative estimate of drug-likeness (QED) is 0.375. The zero-order valence-electron chi connectivity index (χ0n) is 14.9. The molecule has 1 aromatic carbocycles. The van der Waals surface area contributed by atoms with Gasteiger partial charge in [0.1, 0.15) is 18.6 Å². The Morgan fingerprint density at radius 2 is 2.04 bits per heavy atom. The molecule has 2 aromatic rings. The molecule has 0 radical (unpaired) electrons. The van der Waals surface area contributed by atoms with E-state index in [0.29, 0.717) is 13.1 Å². The third-order valence-corrected chi connectivity index (χ3v) is 3.44. The van der Waals surface area contributed by atoms with Gasteiger partial charge in [0.05, 0.1) is 0 Å². The third-order valence-electron chi connectivity index (χ3n) is 3.44. The van der Waals surface area contributed by atoms with Gasteiger partial charge >= 0.3 is 6.61 Å². The smallest absolute Gasteiger partial charge is 0.387 e. The first kappa shape index (κ1) is 22.1. The van der Waals surface area contributed by atoms with Crippen LogP contribution in [0, 0.1) is 0 Å². The lowest BCUT2D eigenvalue weighted by Gasteiger charge is -2.22. The molecule has 0 atom stereocenters. The summed E-state index contributed by atoms with van der Waals surface area (Å²) >= 11 is 0. The van der Waals surface area contributed by atoms with Crippen LogP contribution in [0.4, 0.5) is 8.78 Å². The summed E-state index contributed by atoms with van der Waals surface area (Å²) in [7, 11) is 3.77. The van der Waals surface area contributed by atoms with E-state index >= 15 is 0 Å². The molecule has 0 bridgehead atoms. The Morgan fingerprint density at radius 3 is 2.58 bits per heavy atom. The van der Waals surface area contributed by atoms with Crippen LogP contribution in [-0.2, 0) is 20.1 Å². The third kappa shape index (κ3) is 6.73. The van der Waals surface area contributed by atoms with Crippen molar-refractivity contribution < 1.29 is 13.5 Å². The number of guanidine groups is 1. The molecule has 0 fully saturated rings. The second kappa shape index (κ2) is 10.9. The molecule has 0 saturated heterocycles. The van der Waals surface area contributed by atoms with Crippen molar-refractivity contribution in [1.29, 1.82) is 0 Å². The Kier molecular flexibility index (Phi) is 9.24. The van der Waals surface area contributed by atoms with Crippen molar-refractivity contribution >= 4 is 29.9 Å². The number of halogens is 3. The zero-order valence-corrected chi connectivity index (χ0v) is 17.2. The van der Waals surface area contributed by atoms with E-state index in [2.05, 4.69) is 25.2 Å². The molecule has 0 saturated carbocycles. The molecule has 0 amide bonds. The van der Waals surface area contributed by atoms with Crippen LogP contribution in [0.25, 0.3) is 0 Å². The molecule has 0 aliphatic rings. The van der Waals surface area contributed by atoms with Gasteiger partial charge in [-0.3, -0.25) is 0 Å². The fourth-order valence-electron chi connectivity index (χ4n) is 2.19. The predicted octanol–water partition coefficient (Wildman–Crippen LogP) is 2.63. The van der Waals surface area contributed by atoms with Crippen molar-refractivity contribution in [1.82, 2.24) is 25.0 Å². The lowest BCUT2D eigenvalue weighted by Crippen LogP contribution is -2.38. The van der Waals surface area contributed by atoms with Crippen molar-refractivity contribution in [3.8, 4) is 5.75 Å². The van der Waals surface area contributed by atoms with Crippen molar-refractivity contribution in [2.75, 3.05) is 13.6 Å². The summed E-state index contributed by atoms with van der Waals surface area (Å²) in [5.41, 5.74) is 0.952. The second-order valence-corrected chi connectivity index (χ2v) is 5.41. The van der Waals surface area contributed by atoms with E-state index in [1.807, 2.05) is 30.5 Å². The summed E-state index contributed by atoms with van der Waals surface area (Å²) in [5, 5.41) is 11.1. The highest BCUT2D eigenvalue weighted by Gasteiger charge is 2.09. The number of aliphatic imine (C=N–C) groups is 1. The SMILES string of the molecule is CCNC(=NCc1nncn1C)N(C)Cc1ccc(OC(F)F)cc1.I. The summed E-state index contributed by atoms with van der Waals surface area (Å²) in [6.45, 7) is 0.872. The van der Waals surface area contributed by atoms with Crippen molar-refractivity contribution in [3.63, 3.8) is 0 Å². The maximum Gasteiger partial charge on any atom is 0.387 e. The molecule has 0 aliphatic heterocycles. The molecular weight excluding hydrogens is 457 g/mol. The van der Waals surface area contributed by atoms with Crippen LogP contribution in [0.15, 0.2) is 35.6 Å². The number of hydrogen-bond acceptors (Lipinski definition) is 4. The van der Waals surface area contributed by atoms with Gasteiger partial charge in [0.15, 0.2) is 11.8 Å². The maximum atomic E-state index is 12.2. The number of hydrogen-bond donors (Lipinski definition) is 1. The van der Waals surface area contributed by atoms with Gasteiger partial charge in [-0.05, 0) is 24.6 Å². The Morgan fingerprint density at radius 1 is 1.35 bits per heavy atom. The highest BCUT2D eigenvalue weighted by molar-refractivity contribution is 14.0. The van der Waals surface area contributed by atoms with Gasteiger partial charge in [-0.15, -0.1) is 34.2 Å². The van der Waals surface area contributed by atoms with Gasteiger partial charge < -0.3 is 19.5 Å². The van der Waals surface area contributed by atoms with E-state index in [0.717, 1.165) is 23.9 Å². The molecule has 0 unspecified atom stereocenters. The molecule has 26 heavy (non-hydrogen) atoms. The molecule has 10 heteroatoms.